The molecule has 1 aromatic carbocycles. The molecule has 0 saturated heterocycles. The van der Waals surface area contributed by atoms with Crippen molar-refractivity contribution in [3.8, 4) is 17.3 Å². The predicted octanol–water partition coefficient (Wildman–Crippen LogP) is 3.02. The summed E-state index contributed by atoms with van der Waals surface area (Å²) in [6.45, 7) is 1.96. The summed E-state index contributed by atoms with van der Waals surface area (Å²) < 4.78 is 17.8. The fourth-order valence-electron chi connectivity index (χ4n) is 3.58. The standard InChI is InChI=1S/C20H19FN6O/c1-11(28)9-27-16(13-4-12(8-22)5-14(21)6-13)7-15-18-17(24-10-26(18)3)19(23-2)25-20(15)27/h4-7,10-11,28H,9H2,1-3H3,(H,23,25). The number of aryl methyl sites for hydroxylation is 1. The van der Waals surface area contributed by atoms with Gasteiger partial charge in [-0.1, -0.05) is 0 Å². The van der Waals surface area contributed by atoms with Crippen LogP contribution in [0.1, 0.15) is 12.5 Å². The van der Waals surface area contributed by atoms with Crippen LogP contribution in [0.25, 0.3) is 33.3 Å². The highest BCUT2D eigenvalue weighted by molar-refractivity contribution is 6.07. The van der Waals surface area contributed by atoms with E-state index in [0.29, 0.717) is 22.7 Å². The van der Waals surface area contributed by atoms with Crippen LogP contribution in [0.15, 0.2) is 30.6 Å². The molecule has 28 heavy (non-hydrogen) atoms. The molecule has 0 amide bonds. The van der Waals surface area contributed by atoms with E-state index < -0.39 is 11.9 Å². The number of imidazole rings is 1. The zero-order valence-electron chi connectivity index (χ0n) is 15.7. The van der Waals surface area contributed by atoms with Crippen LogP contribution in [0.2, 0.25) is 0 Å². The largest absolute Gasteiger partial charge is 0.392 e. The molecule has 8 heteroatoms. The first kappa shape index (κ1) is 17.9. The molecule has 4 aromatic rings. The Bertz CT molecular complexity index is 1250. The Morgan fingerprint density at radius 1 is 1.32 bits per heavy atom. The second-order valence-corrected chi connectivity index (χ2v) is 6.83. The van der Waals surface area contributed by atoms with Crippen molar-refractivity contribution in [2.24, 2.45) is 7.05 Å². The number of halogens is 1. The predicted molar refractivity (Wildman–Crippen MR) is 105 cm³/mol. The number of aliphatic hydroxyl groups is 1. The Morgan fingerprint density at radius 2 is 2.11 bits per heavy atom. The van der Waals surface area contributed by atoms with Crippen molar-refractivity contribution in [3.05, 3.63) is 42.0 Å². The lowest BCUT2D eigenvalue weighted by Gasteiger charge is -2.13. The van der Waals surface area contributed by atoms with Crippen LogP contribution < -0.4 is 5.32 Å². The normalized spacial score (nSPS) is 12.4. The number of rotatable bonds is 4. The molecule has 0 radical (unpaired) electrons. The maximum absolute atomic E-state index is 14.1. The van der Waals surface area contributed by atoms with Crippen molar-refractivity contribution < 1.29 is 9.50 Å². The molecule has 0 fully saturated rings. The summed E-state index contributed by atoms with van der Waals surface area (Å²) >= 11 is 0. The van der Waals surface area contributed by atoms with E-state index in [1.807, 2.05) is 28.3 Å². The SMILES string of the molecule is CNc1nc2c(cc(-c3cc(F)cc(C#N)c3)n2CC(C)O)c2c1ncn2C. The Hall–Kier alpha value is -3.44. The van der Waals surface area contributed by atoms with Crippen LogP contribution >= 0.6 is 0 Å². The third kappa shape index (κ3) is 2.77. The van der Waals surface area contributed by atoms with E-state index in [0.717, 1.165) is 16.4 Å². The van der Waals surface area contributed by atoms with E-state index in [1.54, 1.807) is 26.4 Å². The summed E-state index contributed by atoms with van der Waals surface area (Å²) in [4.78, 5) is 9.14. The van der Waals surface area contributed by atoms with Crippen LogP contribution in [-0.4, -0.2) is 37.4 Å². The summed E-state index contributed by atoms with van der Waals surface area (Å²) in [5.74, 6) is 0.133. The molecule has 2 N–H and O–H groups in total. The van der Waals surface area contributed by atoms with Gasteiger partial charge in [0.1, 0.15) is 17.0 Å². The highest BCUT2D eigenvalue weighted by Gasteiger charge is 2.20. The van der Waals surface area contributed by atoms with Gasteiger partial charge in [0.25, 0.3) is 0 Å². The second-order valence-electron chi connectivity index (χ2n) is 6.83. The van der Waals surface area contributed by atoms with E-state index in [9.17, 15) is 14.8 Å². The number of hydrogen-bond donors (Lipinski definition) is 2. The first-order chi connectivity index (χ1) is 13.4. The number of aromatic nitrogens is 4. The van der Waals surface area contributed by atoms with Gasteiger partial charge in [0.15, 0.2) is 5.82 Å². The minimum atomic E-state index is -0.639. The molecule has 3 heterocycles. The van der Waals surface area contributed by atoms with Gasteiger partial charge in [0, 0.05) is 25.0 Å². The van der Waals surface area contributed by atoms with Gasteiger partial charge in [-0.3, -0.25) is 0 Å². The fourth-order valence-corrected chi connectivity index (χ4v) is 3.58. The molecule has 142 valence electrons. The van der Waals surface area contributed by atoms with E-state index in [1.165, 1.54) is 12.1 Å². The lowest BCUT2D eigenvalue weighted by Crippen LogP contribution is -2.13. The summed E-state index contributed by atoms with van der Waals surface area (Å²) in [6.07, 6.45) is 1.08. The number of pyridine rings is 1. The van der Waals surface area contributed by atoms with Gasteiger partial charge >= 0.3 is 0 Å². The maximum Gasteiger partial charge on any atom is 0.156 e. The average molecular weight is 378 g/mol. The number of nitrogens with one attached hydrogen (secondary N) is 1. The quantitative estimate of drug-likeness (QED) is 0.570. The minimum absolute atomic E-state index is 0.235. The summed E-state index contributed by atoms with van der Waals surface area (Å²) in [5.41, 5.74) is 3.73. The van der Waals surface area contributed by atoms with E-state index in [2.05, 4.69) is 10.3 Å². The number of anilines is 1. The smallest absolute Gasteiger partial charge is 0.156 e. The molecule has 7 nitrogen and oxygen atoms in total. The van der Waals surface area contributed by atoms with Crippen LogP contribution in [0.4, 0.5) is 10.2 Å². The zero-order chi connectivity index (χ0) is 20.0. The average Bonchev–Trinajstić information content (AvgIpc) is 3.21. The summed E-state index contributed by atoms with van der Waals surface area (Å²) in [6, 6.07) is 8.11. The van der Waals surface area contributed by atoms with Gasteiger partial charge in [0.05, 0.1) is 41.8 Å². The monoisotopic (exact) mass is 378 g/mol. The molecule has 0 spiro atoms. The van der Waals surface area contributed by atoms with Crippen molar-refractivity contribution in [1.29, 1.82) is 5.26 Å². The van der Waals surface area contributed by atoms with Crippen molar-refractivity contribution >= 4 is 27.9 Å². The fraction of sp³-hybridized carbons (Fsp3) is 0.250. The molecule has 0 bridgehead atoms. The van der Waals surface area contributed by atoms with Crippen LogP contribution in [-0.2, 0) is 13.6 Å². The highest BCUT2D eigenvalue weighted by Crippen LogP contribution is 2.35. The molecule has 3 aromatic heterocycles. The third-order valence-electron chi connectivity index (χ3n) is 4.71. The highest BCUT2D eigenvalue weighted by atomic mass is 19.1. The minimum Gasteiger partial charge on any atom is -0.392 e. The van der Waals surface area contributed by atoms with Gasteiger partial charge in [-0.25, -0.2) is 14.4 Å². The van der Waals surface area contributed by atoms with Crippen molar-refractivity contribution in [1.82, 2.24) is 19.1 Å². The summed E-state index contributed by atoms with van der Waals surface area (Å²) in [5, 5.41) is 23.2. The second kappa shape index (κ2) is 6.62. The number of benzene rings is 1. The zero-order valence-corrected chi connectivity index (χ0v) is 15.7. The molecule has 1 atom stereocenters. The van der Waals surface area contributed by atoms with Crippen LogP contribution in [0.3, 0.4) is 0 Å². The van der Waals surface area contributed by atoms with E-state index in [-0.39, 0.29) is 12.1 Å². The van der Waals surface area contributed by atoms with Gasteiger partial charge < -0.3 is 19.6 Å². The Labute approximate surface area is 160 Å². The molecular weight excluding hydrogens is 359 g/mol. The number of hydrogen-bond acceptors (Lipinski definition) is 5. The molecular formula is C20H19FN6O. The molecule has 0 aliphatic heterocycles. The Kier molecular flexibility index (Phi) is 4.24. The van der Waals surface area contributed by atoms with Gasteiger partial charge in [-0.15, -0.1) is 0 Å². The topological polar surface area (TPSA) is 91.7 Å². The first-order valence-electron chi connectivity index (χ1n) is 8.84. The third-order valence-corrected chi connectivity index (χ3v) is 4.71. The molecule has 0 saturated carbocycles. The van der Waals surface area contributed by atoms with Crippen LogP contribution in [0, 0.1) is 17.1 Å². The maximum atomic E-state index is 14.1. The first-order valence-corrected chi connectivity index (χ1v) is 8.84. The number of nitriles is 1. The Balaban J connectivity index is 2.12. The van der Waals surface area contributed by atoms with Crippen molar-refractivity contribution in [2.45, 2.75) is 19.6 Å². The summed E-state index contributed by atoms with van der Waals surface area (Å²) in [7, 11) is 3.67. The Morgan fingerprint density at radius 3 is 2.79 bits per heavy atom. The molecule has 0 aliphatic rings. The van der Waals surface area contributed by atoms with Crippen molar-refractivity contribution in [3.63, 3.8) is 0 Å². The lowest BCUT2D eigenvalue weighted by atomic mass is 10.1. The van der Waals surface area contributed by atoms with E-state index >= 15 is 0 Å². The van der Waals surface area contributed by atoms with Crippen LogP contribution in [0.5, 0.6) is 0 Å². The van der Waals surface area contributed by atoms with Gasteiger partial charge in [-0.05, 0) is 31.2 Å². The van der Waals surface area contributed by atoms with E-state index in [4.69, 9.17) is 4.98 Å². The number of aliphatic hydroxyl groups excluding tert-OH is 1. The number of fused-ring (bicyclic) bond motifs is 3. The molecule has 1 unspecified atom stereocenters. The van der Waals surface area contributed by atoms with Gasteiger partial charge in [-0.2, -0.15) is 5.26 Å². The number of nitrogens with zero attached hydrogens (tertiary/aromatic N) is 5. The molecule has 4 rings (SSSR count). The van der Waals surface area contributed by atoms with Gasteiger partial charge in [0.2, 0.25) is 0 Å². The molecule has 0 aliphatic carbocycles. The van der Waals surface area contributed by atoms with Crippen molar-refractivity contribution in [2.75, 3.05) is 12.4 Å². The lowest BCUT2D eigenvalue weighted by molar-refractivity contribution is 0.175.